The summed E-state index contributed by atoms with van der Waals surface area (Å²) >= 11 is 0. The third-order valence-corrected chi connectivity index (χ3v) is 3.20. The second-order valence-electron chi connectivity index (χ2n) is 5.33. The van der Waals surface area contributed by atoms with Gasteiger partial charge in [-0.3, -0.25) is 9.78 Å². The predicted octanol–water partition coefficient (Wildman–Crippen LogP) is 2.08. The third kappa shape index (κ3) is 1.91. The summed E-state index contributed by atoms with van der Waals surface area (Å²) < 4.78 is 1.76. The Balaban J connectivity index is 2.37. The zero-order chi connectivity index (χ0) is 13.6. The third-order valence-electron chi connectivity index (χ3n) is 3.20. The van der Waals surface area contributed by atoms with Crippen LogP contribution in [0, 0.1) is 12.8 Å². The van der Waals surface area contributed by atoms with E-state index in [9.17, 15) is 4.79 Å². The molecule has 3 rings (SSSR count). The highest BCUT2D eigenvalue weighted by molar-refractivity contribution is 5.80. The Kier molecular flexibility index (Phi) is 2.62. The van der Waals surface area contributed by atoms with Crippen LogP contribution in [-0.4, -0.2) is 19.6 Å². The normalized spacial score (nSPS) is 11.8. The summed E-state index contributed by atoms with van der Waals surface area (Å²) in [5, 5.41) is 5.00. The number of pyridine rings is 1. The molecule has 0 aliphatic carbocycles. The van der Waals surface area contributed by atoms with Gasteiger partial charge in [0, 0.05) is 11.3 Å². The van der Waals surface area contributed by atoms with E-state index in [1.165, 1.54) is 0 Å². The van der Waals surface area contributed by atoms with Gasteiger partial charge in [-0.05, 0) is 25.3 Å². The van der Waals surface area contributed by atoms with Gasteiger partial charge in [0.05, 0.1) is 23.3 Å². The molecule has 19 heavy (non-hydrogen) atoms. The Morgan fingerprint density at radius 1 is 1.37 bits per heavy atom. The standard InChI is InChI=1S/C14H16N4O/c1-8(2)4-10-6-16-18-12-7-15-9(3)5-11(12)14(19)17-13(10)18/h5-8H,4H2,1-3H3,(H,17,19). The minimum atomic E-state index is -0.0847. The van der Waals surface area contributed by atoms with Crippen LogP contribution >= 0.6 is 0 Å². The van der Waals surface area contributed by atoms with Crippen LogP contribution in [0.3, 0.4) is 0 Å². The van der Waals surface area contributed by atoms with Crippen molar-refractivity contribution in [2.24, 2.45) is 5.92 Å². The molecule has 0 aliphatic rings. The first kappa shape index (κ1) is 11.9. The van der Waals surface area contributed by atoms with Crippen molar-refractivity contribution in [2.45, 2.75) is 27.2 Å². The first-order chi connectivity index (χ1) is 9.06. The Morgan fingerprint density at radius 3 is 2.89 bits per heavy atom. The summed E-state index contributed by atoms with van der Waals surface area (Å²) in [5.41, 5.74) is 3.33. The zero-order valence-electron chi connectivity index (χ0n) is 11.3. The van der Waals surface area contributed by atoms with Crippen LogP contribution in [0.2, 0.25) is 0 Å². The lowest BCUT2D eigenvalue weighted by Crippen LogP contribution is -2.11. The molecule has 0 aliphatic heterocycles. The van der Waals surface area contributed by atoms with Crippen LogP contribution < -0.4 is 5.56 Å². The van der Waals surface area contributed by atoms with Crippen LogP contribution in [0.25, 0.3) is 16.6 Å². The number of fused-ring (bicyclic) bond motifs is 3. The Hall–Kier alpha value is -2.17. The molecule has 0 amide bonds. The quantitative estimate of drug-likeness (QED) is 0.763. The average molecular weight is 256 g/mol. The first-order valence-electron chi connectivity index (χ1n) is 6.41. The Labute approximate surface area is 110 Å². The highest BCUT2D eigenvalue weighted by Gasteiger charge is 2.11. The molecule has 0 bridgehead atoms. The lowest BCUT2D eigenvalue weighted by molar-refractivity contribution is 0.649. The van der Waals surface area contributed by atoms with Crippen molar-refractivity contribution >= 4 is 16.6 Å². The molecule has 0 radical (unpaired) electrons. The van der Waals surface area contributed by atoms with E-state index in [-0.39, 0.29) is 5.56 Å². The molecular formula is C14H16N4O. The molecule has 0 saturated carbocycles. The summed E-state index contributed by atoms with van der Waals surface area (Å²) in [4.78, 5) is 19.3. The van der Waals surface area contributed by atoms with E-state index in [2.05, 4.69) is 28.9 Å². The number of hydrogen-bond donors (Lipinski definition) is 1. The highest BCUT2D eigenvalue weighted by atomic mass is 16.1. The molecule has 3 aromatic heterocycles. The second kappa shape index (κ2) is 4.19. The minimum absolute atomic E-state index is 0.0847. The maximum atomic E-state index is 12.2. The van der Waals surface area contributed by atoms with Crippen molar-refractivity contribution in [2.75, 3.05) is 0 Å². The van der Waals surface area contributed by atoms with E-state index in [0.717, 1.165) is 28.8 Å². The molecule has 0 atom stereocenters. The molecule has 0 spiro atoms. The van der Waals surface area contributed by atoms with Crippen molar-refractivity contribution in [3.8, 4) is 0 Å². The number of H-pyrrole nitrogens is 1. The van der Waals surface area contributed by atoms with Crippen LogP contribution in [0.1, 0.15) is 25.1 Å². The molecule has 5 heteroatoms. The van der Waals surface area contributed by atoms with Crippen molar-refractivity contribution in [3.05, 3.63) is 40.1 Å². The maximum absolute atomic E-state index is 12.2. The summed E-state index contributed by atoms with van der Waals surface area (Å²) in [7, 11) is 0. The number of aromatic nitrogens is 4. The van der Waals surface area contributed by atoms with E-state index in [0.29, 0.717) is 11.3 Å². The van der Waals surface area contributed by atoms with E-state index < -0.39 is 0 Å². The van der Waals surface area contributed by atoms with Crippen molar-refractivity contribution in [3.63, 3.8) is 0 Å². The van der Waals surface area contributed by atoms with Crippen LogP contribution in [0.5, 0.6) is 0 Å². The number of nitrogens with zero attached hydrogens (tertiary/aromatic N) is 3. The molecule has 0 unspecified atom stereocenters. The van der Waals surface area contributed by atoms with Crippen LogP contribution in [0.15, 0.2) is 23.3 Å². The molecule has 3 aromatic rings. The summed E-state index contributed by atoms with van der Waals surface area (Å²) in [6, 6.07) is 1.79. The van der Waals surface area contributed by atoms with E-state index >= 15 is 0 Å². The molecule has 0 aromatic carbocycles. The Bertz CT molecular complexity index is 813. The van der Waals surface area contributed by atoms with Crippen LogP contribution in [0.4, 0.5) is 0 Å². The van der Waals surface area contributed by atoms with E-state index in [4.69, 9.17) is 0 Å². The summed E-state index contributed by atoms with van der Waals surface area (Å²) in [6.07, 6.45) is 4.42. The fourth-order valence-electron chi connectivity index (χ4n) is 2.37. The molecule has 3 heterocycles. The summed E-state index contributed by atoms with van der Waals surface area (Å²) in [5.74, 6) is 0.517. The monoisotopic (exact) mass is 256 g/mol. The van der Waals surface area contributed by atoms with E-state index in [1.54, 1.807) is 16.8 Å². The molecule has 1 N–H and O–H groups in total. The van der Waals surface area contributed by atoms with Crippen molar-refractivity contribution < 1.29 is 0 Å². The molecule has 5 nitrogen and oxygen atoms in total. The van der Waals surface area contributed by atoms with Crippen LogP contribution in [-0.2, 0) is 6.42 Å². The van der Waals surface area contributed by atoms with Gasteiger partial charge in [0.1, 0.15) is 5.65 Å². The van der Waals surface area contributed by atoms with Crippen molar-refractivity contribution in [1.29, 1.82) is 0 Å². The number of rotatable bonds is 2. The van der Waals surface area contributed by atoms with Gasteiger partial charge < -0.3 is 4.98 Å². The lowest BCUT2D eigenvalue weighted by atomic mass is 10.1. The molecule has 0 saturated heterocycles. The van der Waals surface area contributed by atoms with Gasteiger partial charge in [0.15, 0.2) is 0 Å². The number of nitrogens with one attached hydrogen (secondary N) is 1. The predicted molar refractivity (Wildman–Crippen MR) is 74.4 cm³/mol. The van der Waals surface area contributed by atoms with Gasteiger partial charge in [-0.15, -0.1) is 0 Å². The van der Waals surface area contributed by atoms with Gasteiger partial charge in [-0.2, -0.15) is 5.10 Å². The highest BCUT2D eigenvalue weighted by Crippen LogP contribution is 2.16. The zero-order valence-corrected chi connectivity index (χ0v) is 11.3. The molecule has 0 fully saturated rings. The number of aromatic amines is 1. The SMILES string of the molecule is Cc1cc2c(=O)[nH]c3c(CC(C)C)cnn3c2cn1. The molecule has 98 valence electrons. The average Bonchev–Trinajstić information content (AvgIpc) is 2.72. The van der Waals surface area contributed by atoms with Gasteiger partial charge in [-0.25, -0.2) is 4.52 Å². The van der Waals surface area contributed by atoms with Gasteiger partial charge in [-0.1, -0.05) is 13.8 Å². The minimum Gasteiger partial charge on any atom is -0.306 e. The van der Waals surface area contributed by atoms with Gasteiger partial charge >= 0.3 is 0 Å². The smallest absolute Gasteiger partial charge is 0.259 e. The Morgan fingerprint density at radius 2 is 2.16 bits per heavy atom. The largest absolute Gasteiger partial charge is 0.306 e. The van der Waals surface area contributed by atoms with E-state index in [1.807, 2.05) is 13.1 Å². The summed E-state index contributed by atoms with van der Waals surface area (Å²) in [6.45, 7) is 6.16. The van der Waals surface area contributed by atoms with Gasteiger partial charge in [0.2, 0.25) is 0 Å². The second-order valence-corrected chi connectivity index (χ2v) is 5.33. The number of aryl methyl sites for hydroxylation is 1. The van der Waals surface area contributed by atoms with Gasteiger partial charge in [0.25, 0.3) is 5.56 Å². The number of hydrogen-bond acceptors (Lipinski definition) is 3. The lowest BCUT2D eigenvalue weighted by Gasteiger charge is -2.04. The first-order valence-corrected chi connectivity index (χ1v) is 6.41. The fraction of sp³-hybridized carbons (Fsp3) is 0.357. The molecular weight excluding hydrogens is 240 g/mol. The van der Waals surface area contributed by atoms with Crippen molar-refractivity contribution in [1.82, 2.24) is 19.6 Å². The topological polar surface area (TPSA) is 63.0 Å². The fourth-order valence-corrected chi connectivity index (χ4v) is 2.37. The maximum Gasteiger partial charge on any atom is 0.259 e.